The molecule has 5 nitrogen and oxygen atoms in total. The Bertz CT molecular complexity index is 774. The van der Waals surface area contributed by atoms with Crippen molar-refractivity contribution in [3.63, 3.8) is 0 Å². The quantitative estimate of drug-likeness (QED) is 0.824. The Hall–Kier alpha value is -2.82. The van der Waals surface area contributed by atoms with E-state index in [1.165, 1.54) is 5.56 Å². The molecule has 0 radical (unpaired) electrons. The first-order chi connectivity index (χ1) is 12.0. The summed E-state index contributed by atoms with van der Waals surface area (Å²) >= 11 is 0. The number of aromatic hydroxyl groups is 1. The molecule has 25 heavy (non-hydrogen) atoms. The third-order valence-electron chi connectivity index (χ3n) is 4.51. The minimum absolute atomic E-state index is 0.00390. The van der Waals surface area contributed by atoms with Crippen molar-refractivity contribution < 1.29 is 14.7 Å². The predicted molar refractivity (Wildman–Crippen MR) is 96.3 cm³/mol. The van der Waals surface area contributed by atoms with Crippen LogP contribution in [0.2, 0.25) is 0 Å². The van der Waals surface area contributed by atoms with Crippen LogP contribution in [0.15, 0.2) is 48.5 Å². The van der Waals surface area contributed by atoms with Crippen LogP contribution in [0.25, 0.3) is 0 Å². The smallest absolute Gasteiger partial charge is 0.229 e. The number of benzene rings is 2. The van der Waals surface area contributed by atoms with Crippen molar-refractivity contribution in [2.45, 2.75) is 19.8 Å². The van der Waals surface area contributed by atoms with Gasteiger partial charge >= 0.3 is 0 Å². The van der Waals surface area contributed by atoms with E-state index in [0.29, 0.717) is 18.8 Å². The molecule has 0 aliphatic carbocycles. The van der Waals surface area contributed by atoms with Crippen LogP contribution in [0, 0.1) is 12.8 Å². The van der Waals surface area contributed by atoms with Gasteiger partial charge in [0.15, 0.2) is 0 Å². The van der Waals surface area contributed by atoms with E-state index in [4.69, 9.17) is 0 Å². The van der Waals surface area contributed by atoms with Crippen LogP contribution in [0.3, 0.4) is 0 Å². The predicted octanol–water partition coefficient (Wildman–Crippen LogP) is 2.73. The first-order valence-electron chi connectivity index (χ1n) is 8.45. The molecule has 1 unspecified atom stereocenters. The molecule has 1 fully saturated rings. The number of carbonyl (C=O) groups is 2. The van der Waals surface area contributed by atoms with Crippen molar-refractivity contribution in [2.75, 3.05) is 18.4 Å². The zero-order valence-corrected chi connectivity index (χ0v) is 14.2. The van der Waals surface area contributed by atoms with E-state index in [1.54, 1.807) is 17.0 Å². The first kappa shape index (κ1) is 17.0. The normalized spacial score (nSPS) is 16.9. The summed E-state index contributed by atoms with van der Waals surface area (Å²) in [5, 5.41) is 12.6. The molecule has 1 aliphatic heterocycles. The number of likely N-dealkylation sites (tertiary alicyclic amines) is 1. The molecule has 0 bridgehead atoms. The fourth-order valence-corrected chi connectivity index (χ4v) is 3.05. The summed E-state index contributed by atoms with van der Waals surface area (Å²) in [5.74, 6) is -0.568. The van der Waals surface area contributed by atoms with Crippen molar-refractivity contribution in [1.82, 2.24) is 4.90 Å². The van der Waals surface area contributed by atoms with Gasteiger partial charge in [-0.3, -0.25) is 9.59 Å². The van der Waals surface area contributed by atoms with E-state index >= 15 is 0 Å². The van der Waals surface area contributed by atoms with Gasteiger partial charge in [-0.25, -0.2) is 0 Å². The summed E-state index contributed by atoms with van der Waals surface area (Å²) < 4.78 is 0. The van der Waals surface area contributed by atoms with Crippen molar-refractivity contribution in [3.05, 3.63) is 59.7 Å². The molecule has 1 heterocycles. The number of phenolic OH excluding ortho intramolecular Hbond substituents is 1. The molecule has 5 heteroatoms. The zero-order valence-electron chi connectivity index (χ0n) is 14.2. The number of hydrogen-bond donors (Lipinski definition) is 2. The highest BCUT2D eigenvalue weighted by Crippen LogP contribution is 2.26. The highest BCUT2D eigenvalue weighted by Gasteiger charge is 2.34. The molecule has 0 saturated carbocycles. The van der Waals surface area contributed by atoms with Crippen LogP contribution in [0.4, 0.5) is 5.69 Å². The molecular weight excluding hydrogens is 316 g/mol. The van der Waals surface area contributed by atoms with E-state index < -0.39 is 0 Å². The lowest BCUT2D eigenvalue weighted by Crippen LogP contribution is -2.30. The lowest BCUT2D eigenvalue weighted by atomic mass is 10.1. The summed E-state index contributed by atoms with van der Waals surface area (Å²) in [6.07, 6.45) is 0.993. The molecule has 1 saturated heterocycles. The van der Waals surface area contributed by atoms with Crippen molar-refractivity contribution >= 4 is 17.5 Å². The average molecular weight is 338 g/mol. The van der Waals surface area contributed by atoms with Gasteiger partial charge in [-0.1, -0.05) is 36.4 Å². The molecule has 1 aliphatic rings. The Morgan fingerprint density at radius 2 is 2.00 bits per heavy atom. The fourth-order valence-electron chi connectivity index (χ4n) is 3.05. The zero-order chi connectivity index (χ0) is 17.8. The number of nitrogens with one attached hydrogen (secondary N) is 1. The molecule has 2 amide bonds. The largest absolute Gasteiger partial charge is 0.506 e. The summed E-state index contributed by atoms with van der Waals surface area (Å²) in [4.78, 5) is 26.3. The summed E-state index contributed by atoms with van der Waals surface area (Å²) in [7, 11) is 0. The number of carbonyl (C=O) groups excluding carboxylic acids is 2. The fraction of sp³-hybridized carbons (Fsp3) is 0.300. The minimum atomic E-state index is -0.385. The second-order valence-electron chi connectivity index (χ2n) is 6.49. The highest BCUT2D eigenvalue weighted by atomic mass is 16.3. The Balaban J connectivity index is 1.57. The van der Waals surface area contributed by atoms with Crippen molar-refractivity contribution in [2.24, 2.45) is 5.92 Å². The van der Waals surface area contributed by atoms with Crippen LogP contribution < -0.4 is 5.32 Å². The summed E-state index contributed by atoms with van der Waals surface area (Å²) in [5.41, 5.74) is 2.47. The number of amides is 2. The topological polar surface area (TPSA) is 69.6 Å². The molecule has 3 rings (SSSR count). The Morgan fingerprint density at radius 3 is 2.72 bits per heavy atom. The van der Waals surface area contributed by atoms with Gasteiger partial charge in [0.1, 0.15) is 5.75 Å². The van der Waals surface area contributed by atoms with Crippen molar-refractivity contribution in [3.8, 4) is 5.75 Å². The molecule has 0 spiro atoms. The Kier molecular flexibility index (Phi) is 5.03. The lowest BCUT2D eigenvalue weighted by molar-refractivity contribution is -0.128. The van der Waals surface area contributed by atoms with Gasteiger partial charge in [-0.05, 0) is 36.6 Å². The molecular formula is C20H22N2O3. The van der Waals surface area contributed by atoms with E-state index in [1.807, 2.05) is 43.3 Å². The van der Waals surface area contributed by atoms with Crippen LogP contribution >= 0.6 is 0 Å². The summed E-state index contributed by atoms with van der Waals surface area (Å²) in [6.45, 7) is 2.90. The molecule has 2 N–H and O–H groups in total. The molecule has 2 aromatic carbocycles. The van der Waals surface area contributed by atoms with E-state index in [0.717, 1.165) is 12.0 Å². The Morgan fingerprint density at radius 1 is 1.24 bits per heavy atom. The van der Waals surface area contributed by atoms with Gasteiger partial charge in [-0.15, -0.1) is 0 Å². The maximum atomic E-state index is 12.4. The van der Waals surface area contributed by atoms with E-state index in [-0.39, 0.29) is 29.9 Å². The van der Waals surface area contributed by atoms with Gasteiger partial charge in [-0.2, -0.15) is 0 Å². The van der Waals surface area contributed by atoms with Crippen LogP contribution in [0.1, 0.15) is 17.5 Å². The summed E-state index contributed by atoms with van der Waals surface area (Å²) in [6, 6.07) is 15.1. The van der Waals surface area contributed by atoms with E-state index in [2.05, 4.69) is 5.32 Å². The van der Waals surface area contributed by atoms with Crippen LogP contribution in [0.5, 0.6) is 5.75 Å². The van der Waals surface area contributed by atoms with Gasteiger partial charge in [0.2, 0.25) is 11.8 Å². The van der Waals surface area contributed by atoms with Crippen molar-refractivity contribution in [1.29, 1.82) is 0 Å². The van der Waals surface area contributed by atoms with Gasteiger partial charge < -0.3 is 15.3 Å². The van der Waals surface area contributed by atoms with E-state index in [9.17, 15) is 14.7 Å². The number of aryl methyl sites for hydroxylation is 1. The standard InChI is InChI=1S/C20H22N2O3/c1-14-7-8-17(18(23)11-14)21-20(25)16-12-19(24)22(13-16)10-9-15-5-3-2-4-6-15/h2-8,11,16,23H,9-10,12-13H2,1H3,(H,21,25). The maximum Gasteiger partial charge on any atom is 0.229 e. The second kappa shape index (κ2) is 7.38. The third kappa shape index (κ3) is 4.18. The molecule has 0 aromatic heterocycles. The van der Waals surface area contributed by atoms with Crippen LogP contribution in [-0.2, 0) is 16.0 Å². The highest BCUT2D eigenvalue weighted by molar-refractivity contribution is 5.98. The third-order valence-corrected chi connectivity index (χ3v) is 4.51. The molecule has 1 atom stereocenters. The number of anilines is 1. The Labute approximate surface area is 147 Å². The molecule has 2 aromatic rings. The monoisotopic (exact) mass is 338 g/mol. The second-order valence-corrected chi connectivity index (χ2v) is 6.49. The van der Waals surface area contributed by atoms with Gasteiger partial charge in [0, 0.05) is 19.5 Å². The van der Waals surface area contributed by atoms with Gasteiger partial charge in [0.05, 0.1) is 11.6 Å². The number of phenols is 1. The van der Waals surface area contributed by atoms with Gasteiger partial charge in [0.25, 0.3) is 0 Å². The van der Waals surface area contributed by atoms with Crippen LogP contribution in [-0.4, -0.2) is 34.9 Å². The number of hydrogen-bond acceptors (Lipinski definition) is 3. The molecule has 130 valence electrons. The number of rotatable bonds is 5. The lowest BCUT2D eigenvalue weighted by Gasteiger charge is -2.17. The average Bonchev–Trinajstić information content (AvgIpc) is 2.97. The SMILES string of the molecule is Cc1ccc(NC(=O)C2CC(=O)N(CCc3ccccc3)C2)c(O)c1. The number of nitrogens with zero attached hydrogens (tertiary/aromatic N) is 1. The first-order valence-corrected chi connectivity index (χ1v) is 8.45. The maximum absolute atomic E-state index is 12.4. The minimum Gasteiger partial charge on any atom is -0.506 e.